The summed E-state index contributed by atoms with van der Waals surface area (Å²) in [4.78, 5) is 24.2. The fraction of sp³-hybridized carbons (Fsp3) is 0.263. The van der Waals surface area contributed by atoms with Crippen LogP contribution in [0.15, 0.2) is 48.5 Å². The molecule has 0 spiro atoms. The highest BCUT2D eigenvalue weighted by molar-refractivity contribution is 5.97. The molecule has 0 aliphatic carbocycles. The lowest BCUT2D eigenvalue weighted by Gasteiger charge is -2.15. The number of benzene rings is 2. The average Bonchev–Trinajstić information content (AvgIpc) is 2.66. The van der Waals surface area contributed by atoms with E-state index in [9.17, 15) is 18.4 Å². The van der Waals surface area contributed by atoms with Crippen molar-refractivity contribution in [3.8, 4) is 11.5 Å². The van der Waals surface area contributed by atoms with Crippen LogP contribution in [-0.4, -0.2) is 32.1 Å². The number of ether oxygens (including phenoxy) is 2. The minimum Gasteiger partial charge on any atom is -0.493 e. The first-order chi connectivity index (χ1) is 12.9. The van der Waals surface area contributed by atoms with Gasteiger partial charge in [0.1, 0.15) is 0 Å². The van der Waals surface area contributed by atoms with E-state index in [1.54, 1.807) is 0 Å². The molecule has 1 atom stereocenters. The van der Waals surface area contributed by atoms with Gasteiger partial charge in [0.25, 0.3) is 5.91 Å². The van der Waals surface area contributed by atoms with Gasteiger partial charge in [-0.3, -0.25) is 9.59 Å². The number of nitrogens with one attached hydrogen (secondary N) is 2. The van der Waals surface area contributed by atoms with Crippen LogP contribution in [0.3, 0.4) is 0 Å². The number of carbonyl (C=O) groups excluding carboxylic acids is 2. The monoisotopic (exact) mass is 378 g/mol. The second-order valence-electron chi connectivity index (χ2n) is 5.63. The van der Waals surface area contributed by atoms with Gasteiger partial charge in [-0.15, -0.1) is 0 Å². The molecule has 2 N–H and O–H groups in total. The van der Waals surface area contributed by atoms with E-state index in [1.807, 2.05) is 37.3 Å². The fourth-order valence-corrected chi connectivity index (χ4v) is 2.38. The van der Waals surface area contributed by atoms with Gasteiger partial charge in [0.2, 0.25) is 5.91 Å². The van der Waals surface area contributed by atoms with Crippen LogP contribution in [0.5, 0.6) is 11.5 Å². The Morgan fingerprint density at radius 2 is 1.78 bits per heavy atom. The number of methoxy groups -OCH3 is 1. The number of halogens is 2. The zero-order chi connectivity index (χ0) is 19.8. The van der Waals surface area contributed by atoms with Crippen LogP contribution < -0.4 is 20.1 Å². The van der Waals surface area contributed by atoms with Crippen molar-refractivity contribution >= 4 is 11.8 Å². The second kappa shape index (κ2) is 9.51. The molecule has 27 heavy (non-hydrogen) atoms. The first kappa shape index (κ1) is 20.2. The Hall–Kier alpha value is -3.16. The number of rotatable bonds is 8. The SMILES string of the molecule is COc1cc(C(=O)NCC(=O)NC(C)c2ccccc2)ccc1OC(F)F. The molecule has 2 rings (SSSR count). The maximum atomic E-state index is 12.3. The highest BCUT2D eigenvalue weighted by Gasteiger charge is 2.15. The Morgan fingerprint density at radius 3 is 2.41 bits per heavy atom. The van der Waals surface area contributed by atoms with Crippen LogP contribution in [0.25, 0.3) is 0 Å². The van der Waals surface area contributed by atoms with Crippen molar-refractivity contribution in [3.63, 3.8) is 0 Å². The van der Waals surface area contributed by atoms with Gasteiger partial charge in [-0.05, 0) is 30.7 Å². The van der Waals surface area contributed by atoms with E-state index in [4.69, 9.17) is 4.74 Å². The van der Waals surface area contributed by atoms with Crippen LogP contribution in [0.4, 0.5) is 8.78 Å². The van der Waals surface area contributed by atoms with Crippen molar-refractivity contribution < 1.29 is 27.8 Å². The van der Waals surface area contributed by atoms with E-state index in [-0.39, 0.29) is 35.6 Å². The van der Waals surface area contributed by atoms with Crippen molar-refractivity contribution in [2.24, 2.45) is 0 Å². The van der Waals surface area contributed by atoms with Gasteiger partial charge >= 0.3 is 6.61 Å². The highest BCUT2D eigenvalue weighted by atomic mass is 19.3. The van der Waals surface area contributed by atoms with Crippen molar-refractivity contribution in [1.82, 2.24) is 10.6 Å². The van der Waals surface area contributed by atoms with Crippen molar-refractivity contribution in [2.75, 3.05) is 13.7 Å². The van der Waals surface area contributed by atoms with Gasteiger partial charge in [0.15, 0.2) is 11.5 Å². The lowest BCUT2D eigenvalue weighted by molar-refractivity contribution is -0.120. The maximum Gasteiger partial charge on any atom is 0.387 e. The molecule has 2 amide bonds. The molecule has 1 unspecified atom stereocenters. The largest absolute Gasteiger partial charge is 0.493 e. The van der Waals surface area contributed by atoms with E-state index in [0.717, 1.165) is 5.56 Å². The van der Waals surface area contributed by atoms with Crippen LogP contribution in [0, 0.1) is 0 Å². The molecule has 8 heteroatoms. The van der Waals surface area contributed by atoms with Gasteiger partial charge in [0.05, 0.1) is 19.7 Å². The first-order valence-electron chi connectivity index (χ1n) is 8.16. The molecule has 144 valence electrons. The third kappa shape index (κ3) is 5.95. The standard InChI is InChI=1S/C19H20F2N2O4/c1-12(13-6-4-3-5-7-13)23-17(24)11-22-18(25)14-8-9-15(27-19(20)21)16(10-14)26-2/h3-10,12,19H,11H2,1-2H3,(H,22,25)(H,23,24). The molecule has 0 saturated carbocycles. The summed E-state index contributed by atoms with van der Waals surface area (Å²) in [7, 11) is 1.27. The van der Waals surface area contributed by atoms with Crippen molar-refractivity contribution in [2.45, 2.75) is 19.6 Å². The van der Waals surface area contributed by atoms with Crippen molar-refractivity contribution in [3.05, 3.63) is 59.7 Å². The summed E-state index contributed by atoms with van der Waals surface area (Å²) in [5.41, 5.74) is 1.09. The molecule has 0 radical (unpaired) electrons. The van der Waals surface area contributed by atoms with E-state index in [0.29, 0.717) is 0 Å². The zero-order valence-corrected chi connectivity index (χ0v) is 14.9. The molecule has 0 heterocycles. The smallest absolute Gasteiger partial charge is 0.387 e. The Balaban J connectivity index is 1.92. The van der Waals surface area contributed by atoms with Gasteiger partial charge in [0, 0.05) is 5.56 Å². The second-order valence-corrected chi connectivity index (χ2v) is 5.63. The summed E-state index contributed by atoms with van der Waals surface area (Å²) >= 11 is 0. The summed E-state index contributed by atoms with van der Waals surface area (Å²) in [5, 5.41) is 5.25. The lowest BCUT2D eigenvalue weighted by Crippen LogP contribution is -2.38. The molecule has 0 bridgehead atoms. The molecular formula is C19H20F2N2O4. The van der Waals surface area contributed by atoms with E-state index in [1.165, 1.54) is 25.3 Å². The minimum absolute atomic E-state index is 0.00917. The summed E-state index contributed by atoms with van der Waals surface area (Å²) in [6, 6.07) is 13.0. The molecule has 0 fully saturated rings. The predicted octanol–water partition coefficient (Wildman–Crippen LogP) is 2.90. The van der Waals surface area contributed by atoms with E-state index >= 15 is 0 Å². The Kier molecular flexibility index (Phi) is 7.10. The van der Waals surface area contributed by atoms with Gasteiger partial charge < -0.3 is 20.1 Å². The first-order valence-corrected chi connectivity index (χ1v) is 8.16. The lowest BCUT2D eigenvalue weighted by atomic mass is 10.1. The van der Waals surface area contributed by atoms with Crippen molar-refractivity contribution in [1.29, 1.82) is 0 Å². The Labute approximate surface area is 155 Å². The molecular weight excluding hydrogens is 358 g/mol. The third-order valence-electron chi connectivity index (χ3n) is 3.73. The molecule has 0 aliphatic heterocycles. The van der Waals surface area contributed by atoms with Crippen LogP contribution in [0.2, 0.25) is 0 Å². The molecule has 2 aromatic carbocycles. The number of amides is 2. The maximum absolute atomic E-state index is 12.3. The van der Waals surface area contributed by atoms with Crippen LogP contribution in [0.1, 0.15) is 28.9 Å². The summed E-state index contributed by atoms with van der Waals surface area (Å²) in [6.45, 7) is -1.40. The van der Waals surface area contributed by atoms with Crippen LogP contribution in [-0.2, 0) is 4.79 Å². The van der Waals surface area contributed by atoms with Gasteiger partial charge in [-0.25, -0.2) is 0 Å². The molecule has 6 nitrogen and oxygen atoms in total. The predicted molar refractivity (Wildman–Crippen MR) is 95.0 cm³/mol. The molecule has 2 aromatic rings. The molecule has 0 saturated heterocycles. The normalized spacial score (nSPS) is 11.6. The number of carbonyl (C=O) groups is 2. The summed E-state index contributed by atoms with van der Waals surface area (Å²) in [5.74, 6) is -1.09. The molecule has 0 aromatic heterocycles. The topological polar surface area (TPSA) is 76.7 Å². The van der Waals surface area contributed by atoms with E-state index in [2.05, 4.69) is 15.4 Å². The average molecular weight is 378 g/mol. The summed E-state index contributed by atoms with van der Waals surface area (Å²) in [6.07, 6.45) is 0. The quantitative estimate of drug-likeness (QED) is 0.741. The zero-order valence-electron chi connectivity index (χ0n) is 14.9. The number of alkyl halides is 2. The number of hydrogen-bond donors (Lipinski definition) is 2. The number of hydrogen-bond acceptors (Lipinski definition) is 4. The van der Waals surface area contributed by atoms with Gasteiger partial charge in [-0.2, -0.15) is 8.78 Å². The minimum atomic E-state index is -3.01. The summed E-state index contributed by atoms with van der Waals surface area (Å²) < 4.78 is 33.9. The van der Waals surface area contributed by atoms with Gasteiger partial charge in [-0.1, -0.05) is 30.3 Å². The third-order valence-corrected chi connectivity index (χ3v) is 3.73. The van der Waals surface area contributed by atoms with Crippen LogP contribution >= 0.6 is 0 Å². The van der Waals surface area contributed by atoms with E-state index < -0.39 is 12.5 Å². The Bertz CT molecular complexity index is 785. The highest BCUT2D eigenvalue weighted by Crippen LogP contribution is 2.29. The molecule has 0 aliphatic rings. The fourth-order valence-electron chi connectivity index (χ4n) is 2.38. The Morgan fingerprint density at radius 1 is 1.07 bits per heavy atom.